The molecule has 0 spiro atoms. The van der Waals surface area contributed by atoms with Crippen molar-refractivity contribution >= 4 is 62.1 Å². The smallest absolute Gasteiger partial charge is 0.348 e. The molecule has 1 aromatic heterocycles. The number of halogens is 2. The Morgan fingerprint density at radius 2 is 1.80 bits per heavy atom. The van der Waals surface area contributed by atoms with Crippen LogP contribution in [-0.4, -0.2) is 55.1 Å². The first-order valence-corrected chi connectivity index (χ1v) is 14.2. The molecular formula is C24H26Cl2N2O5S2. The number of hydrogen-bond acceptors (Lipinski definition) is 5. The summed E-state index contributed by atoms with van der Waals surface area (Å²) in [7, 11) is -3.38. The van der Waals surface area contributed by atoms with Crippen molar-refractivity contribution in [3.05, 3.63) is 49.6 Å². The second kappa shape index (κ2) is 10.5. The third kappa shape index (κ3) is 6.78. The predicted molar refractivity (Wildman–Crippen MR) is 140 cm³/mol. The Morgan fingerprint density at radius 3 is 2.31 bits per heavy atom. The van der Waals surface area contributed by atoms with Gasteiger partial charge in [0.05, 0.1) is 27.4 Å². The topological polar surface area (TPSA) is 95.0 Å². The average Bonchev–Trinajstić information content (AvgIpc) is 3.16. The first-order valence-electron chi connectivity index (χ1n) is 10.8. The summed E-state index contributed by atoms with van der Waals surface area (Å²) in [4.78, 5) is 27.9. The number of carbonyl (C=O) groups excluding carboxylic acids is 1. The molecule has 1 aliphatic heterocycles. The van der Waals surface area contributed by atoms with Crippen molar-refractivity contribution in [1.82, 2.24) is 4.31 Å². The molecule has 2 heterocycles. The van der Waals surface area contributed by atoms with Crippen LogP contribution in [0.3, 0.4) is 0 Å². The highest BCUT2D eigenvalue weighted by atomic mass is 35.5. The number of carbonyl (C=O) groups is 2. The number of sulfonamides is 1. The van der Waals surface area contributed by atoms with Crippen LogP contribution in [0.1, 0.15) is 58.5 Å². The monoisotopic (exact) mass is 556 g/mol. The maximum atomic E-state index is 13.8. The highest BCUT2D eigenvalue weighted by Crippen LogP contribution is 2.36. The van der Waals surface area contributed by atoms with Crippen LogP contribution in [0.2, 0.25) is 10.0 Å². The molecule has 1 amide bonds. The van der Waals surface area contributed by atoms with Crippen LogP contribution < -0.4 is 4.90 Å². The van der Waals surface area contributed by atoms with Gasteiger partial charge < -0.3 is 10.0 Å². The molecule has 11 heteroatoms. The fraction of sp³-hybridized carbons (Fsp3) is 0.417. The number of carboxylic acid groups (broad SMARTS) is 1. The number of piperidine rings is 1. The number of carboxylic acids is 1. The third-order valence-electron chi connectivity index (χ3n) is 5.36. The molecule has 3 rings (SSSR count). The van der Waals surface area contributed by atoms with Crippen molar-refractivity contribution in [2.24, 2.45) is 5.41 Å². The van der Waals surface area contributed by atoms with E-state index < -0.39 is 27.9 Å². The standard InChI is InChI=1S/C24H26Cl2N2O5S2/c1-24(2,3)10-7-17-14-20(21(34-17)23(30)31)28(16-8-11-27(12-9-16)35(4,32)33)22(29)18-6-5-15(25)13-19(18)26/h5-6,13-14,16H,8-9,11-12H2,1-4H3,(H,30,31). The largest absolute Gasteiger partial charge is 0.477 e. The maximum Gasteiger partial charge on any atom is 0.348 e. The van der Waals surface area contributed by atoms with E-state index in [0.29, 0.717) is 22.7 Å². The fourth-order valence-corrected chi connectivity index (χ4v) is 5.93. The van der Waals surface area contributed by atoms with Crippen molar-refractivity contribution in [2.45, 2.75) is 39.7 Å². The van der Waals surface area contributed by atoms with Gasteiger partial charge in [-0.15, -0.1) is 11.3 Å². The highest BCUT2D eigenvalue weighted by molar-refractivity contribution is 7.88. The Labute approximate surface area is 219 Å². The van der Waals surface area contributed by atoms with Gasteiger partial charge in [0, 0.05) is 29.6 Å². The minimum absolute atomic E-state index is 0.0211. The summed E-state index contributed by atoms with van der Waals surface area (Å²) in [6.45, 7) is 6.26. The summed E-state index contributed by atoms with van der Waals surface area (Å²) in [6, 6.07) is 5.66. The van der Waals surface area contributed by atoms with E-state index in [9.17, 15) is 23.1 Å². The SMILES string of the molecule is CC(C)(C)C#Cc1cc(N(C(=O)c2ccc(Cl)cc2Cl)C2CCN(S(C)(=O)=O)CC2)c(C(=O)O)s1. The number of nitrogens with zero attached hydrogens (tertiary/aromatic N) is 2. The molecule has 0 bridgehead atoms. The fourth-order valence-electron chi connectivity index (χ4n) is 3.72. The number of thiophene rings is 1. The van der Waals surface area contributed by atoms with Gasteiger partial charge in [0.15, 0.2) is 0 Å². The van der Waals surface area contributed by atoms with Gasteiger partial charge in [-0.1, -0.05) is 35.0 Å². The lowest BCUT2D eigenvalue weighted by Crippen LogP contribution is -2.49. The lowest BCUT2D eigenvalue weighted by Gasteiger charge is -2.37. The minimum atomic E-state index is -3.38. The second-order valence-electron chi connectivity index (χ2n) is 9.32. The molecule has 188 valence electrons. The molecule has 0 saturated carbocycles. The van der Waals surface area contributed by atoms with E-state index in [-0.39, 0.29) is 39.7 Å². The molecule has 1 N–H and O–H groups in total. The Hall–Kier alpha value is -2.09. The van der Waals surface area contributed by atoms with E-state index in [1.807, 2.05) is 20.8 Å². The summed E-state index contributed by atoms with van der Waals surface area (Å²) in [6.07, 6.45) is 1.81. The van der Waals surface area contributed by atoms with Gasteiger partial charge in [0.2, 0.25) is 10.0 Å². The van der Waals surface area contributed by atoms with Crippen LogP contribution >= 0.6 is 34.5 Å². The first kappa shape index (κ1) is 27.5. The molecule has 1 aliphatic rings. The van der Waals surface area contributed by atoms with E-state index in [1.165, 1.54) is 27.4 Å². The number of amides is 1. The number of hydrogen-bond donors (Lipinski definition) is 1. The van der Waals surface area contributed by atoms with E-state index in [4.69, 9.17) is 23.2 Å². The molecule has 1 fully saturated rings. The zero-order valence-electron chi connectivity index (χ0n) is 19.8. The van der Waals surface area contributed by atoms with Crippen molar-refractivity contribution in [3.63, 3.8) is 0 Å². The van der Waals surface area contributed by atoms with Crippen LogP contribution in [0.4, 0.5) is 5.69 Å². The Bertz CT molecular complexity index is 1310. The summed E-state index contributed by atoms with van der Waals surface area (Å²) >= 11 is 13.3. The van der Waals surface area contributed by atoms with E-state index in [0.717, 1.165) is 17.6 Å². The molecule has 7 nitrogen and oxygen atoms in total. The van der Waals surface area contributed by atoms with Gasteiger partial charge in [0.1, 0.15) is 4.88 Å². The molecule has 2 aromatic rings. The lowest BCUT2D eigenvalue weighted by molar-refractivity contribution is 0.0702. The summed E-state index contributed by atoms with van der Waals surface area (Å²) in [5.41, 5.74) is 0.0965. The Morgan fingerprint density at radius 1 is 1.17 bits per heavy atom. The van der Waals surface area contributed by atoms with Crippen LogP contribution in [0.5, 0.6) is 0 Å². The second-order valence-corrected chi connectivity index (χ2v) is 13.2. The van der Waals surface area contributed by atoms with Crippen LogP contribution in [0, 0.1) is 17.3 Å². The van der Waals surface area contributed by atoms with Crippen molar-refractivity contribution in [1.29, 1.82) is 0 Å². The van der Waals surface area contributed by atoms with Gasteiger partial charge >= 0.3 is 5.97 Å². The van der Waals surface area contributed by atoms with Crippen LogP contribution in [0.25, 0.3) is 0 Å². The molecule has 0 aliphatic carbocycles. The summed E-state index contributed by atoms with van der Waals surface area (Å²) in [5, 5.41) is 10.4. The normalized spacial score (nSPS) is 15.4. The van der Waals surface area contributed by atoms with Crippen molar-refractivity contribution in [3.8, 4) is 11.8 Å². The first-order chi connectivity index (χ1) is 16.2. The number of anilines is 1. The lowest BCUT2D eigenvalue weighted by atomic mass is 9.98. The molecule has 0 radical (unpaired) electrons. The van der Waals surface area contributed by atoms with Crippen LogP contribution in [-0.2, 0) is 10.0 Å². The minimum Gasteiger partial charge on any atom is -0.477 e. The molecular weight excluding hydrogens is 531 g/mol. The average molecular weight is 558 g/mol. The van der Waals surface area contributed by atoms with Crippen molar-refractivity contribution in [2.75, 3.05) is 24.2 Å². The molecule has 1 aromatic carbocycles. The van der Waals surface area contributed by atoms with Crippen molar-refractivity contribution < 1.29 is 23.1 Å². The third-order valence-corrected chi connectivity index (χ3v) is 8.24. The van der Waals surface area contributed by atoms with E-state index >= 15 is 0 Å². The molecule has 0 unspecified atom stereocenters. The summed E-state index contributed by atoms with van der Waals surface area (Å²) < 4.78 is 25.3. The zero-order chi connectivity index (χ0) is 26.1. The molecule has 0 atom stereocenters. The van der Waals surface area contributed by atoms with E-state index in [2.05, 4.69) is 11.8 Å². The number of aromatic carboxylic acids is 1. The Kier molecular flexibility index (Phi) is 8.24. The number of benzene rings is 1. The summed E-state index contributed by atoms with van der Waals surface area (Å²) in [5.74, 6) is 4.44. The Balaban J connectivity index is 2.11. The molecule has 1 saturated heterocycles. The maximum absolute atomic E-state index is 13.8. The van der Waals surface area contributed by atoms with Gasteiger partial charge in [-0.05, 0) is 57.9 Å². The van der Waals surface area contributed by atoms with Gasteiger partial charge in [-0.2, -0.15) is 0 Å². The predicted octanol–water partition coefficient (Wildman–Crippen LogP) is 5.22. The van der Waals surface area contributed by atoms with Gasteiger partial charge in [0.25, 0.3) is 5.91 Å². The quantitative estimate of drug-likeness (QED) is 0.509. The van der Waals surface area contributed by atoms with Gasteiger partial charge in [-0.3, -0.25) is 4.79 Å². The number of rotatable bonds is 5. The van der Waals surface area contributed by atoms with Crippen LogP contribution in [0.15, 0.2) is 24.3 Å². The van der Waals surface area contributed by atoms with Gasteiger partial charge in [-0.25, -0.2) is 17.5 Å². The molecule has 35 heavy (non-hydrogen) atoms. The van der Waals surface area contributed by atoms with E-state index in [1.54, 1.807) is 6.07 Å². The zero-order valence-corrected chi connectivity index (χ0v) is 22.9. The highest BCUT2D eigenvalue weighted by Gasteiger charge is 2.36.